The Bertz CT molecular complexity index is 1200. The first kappa shape index (κ1) is 22.7. The van der Waals surface area contributed by atoms with Crippen molar-refractivity contribution in [3.63, 3.8) is 0 Å². The van der Waals surface area contributed by atoms with Crippen molar-refractivity contribution < 1.29 is 18.0 Å². The van der Waals surface area contributed by atoms with Crippen LogP contribution in [0.15, 0.2) is 54.6 Å². The van der Waals surface area contributed by atoms with Crippen LogP contribution in [0.5, 0.6) is 0 Å². The molecule has 3 aromatic rings. The Labute approximate surface area is 197 Å². The van der Waals surface area contributed by atoms with E-state index in [1.54, 1.807) is 24.3 Å². The number of nitrogens with zero attached hydrogens (tertiary/aromatic N) is 2. The van der Waals surface area contributed by atoms with Gasteiger partial charge in [-0.2, -0.15) is 18.3 Å². The third-order valence-corrected chi connectivity index (χ3v) is 6.73. The Morgan fingerprint density at radius 2 is 1.65 bits per heavy atom. The molecular formula is C27H28F3N3O. The summed E-state index contributed by atoms with van der Waals surface area (Å²) in [4.78, 5) is 12.8. The smallest absolute Gasteiger partial charge is 0.326 e. The molecule has 4 nitrogen and oxygen atoms in total. The van der Waals surface area contributed by atoms with Crippen molar-refractivity contribution in [3.05, 3.63) is 77.1 Å². The maximum Gasteiger partial charge on any atom is 0.435 e. The standard InChI is InChI=1S/C27H28F3N3O/c1-26(2,3)18-8-6-16(7-9-18)21-14-22(21)25(34)31-19-10-12-20(13-11-19)33-23(17-4-5-17)15-24(32-33)27(28,29)30/h6-13,15,17,21-22H,4-5,14H2,1-3H3,(H,31,34)/t21-,22-/m1/s1. The van der Waals surface area contributed by atoms with Crippen molar-refractivity contribution in [1.29, 1.82) is 0 Å². The molecule has 178 valence electrons. The highest BCUT2D eigenvalue weighted by Crippen LogP contribution is 2.48. The fourth-order valence-electron chi connectivity index (χ4n) is 4.42. The highest BCUT2D eigenvalue weighted by molar-refractivity contribution is 5.95. The molecule has 1 aromatic heterocycles. The minimum atomic E-state index is -4.48. The van der Waals surface area contributed by atoms with Crippen LogP contribution in [0.2, 0.25) is 0 Å². The van der Waals surface area contributed by atoms with Gasteiger partial charge in [0.25, 0.3) is 0 Å². The fourth-order valence-corrected chi connectivity index (χ4v) is 4.42. The van der Waals surface area contributed by atoms with Gasteiger partial charge in [-0.15, -0.1) is 0 Å². The van der Waals surface area contributed by atoms with Crippen LogP contribution < -0.4 is 5.32 Å². The van der Waals surface area contributed by atoms with Crippen molar-refractivity contribution in [2.75, 3.05) is 5.32 Å². The van der Waals surface area contributed by atoms with E-state index in [1.807, 2.05) is 0 Å². The van der Waals surface area contributed by atoms with Gasteiger partial charge in [0, 0.05) is 23.2 Å². The fraction of sp³-hybridized carbons (Fsp3) is 0.407. The largest absolute Gasteiger partial charge is 0.435 e. The maximum atomic E-state index is 13.2. The second-order valence-corrected chi connectivity index (χ2v) is 10.5. The lowest BCUT2D eigenvalue weighted by atomic mass is 9.86. The molecule has 2 aliphatic rings. The number of rotatable bonds is 5. The third-order valence-electron chi connectivity index (χ3n) is 6.73. The molecule has 2 fully saturated rings. The average Bonchev–Trinajstić information content (AvgIpc) is 3.70. The number of anilines is 1. The average molecular weight is 468 g/mol. The number of hydrogen-bond acceptors (Lipinski definition) is 2. The summed E-state index contributed by atoms with van der Waals surface area (Å²) >= 11 is 0. The van der Waals surface area contributed by atoms with E-state index in [1.165, 1.54) is 15.8 Å². The number of benzene rings is 2. The van der Waals surface area contributed by atoms with Crippen molar-refractivity contribution in [1.82, 2.24) is 9.78 Å². The van der Waals surface area contributed by atoms with Crippen LogP contribution in [0.25, 0.3) is 5.69 Å². The van der Waals surface area contributed by atoms with E-state index < -0.39 is 11.9 Å². The maximum absolute atomic E-state index is 13.2. The lowest BCUT2D eigenvalue weighted by Crippen LogP contribution is -2.15. The first-order valence-corrected chi connectivity index (χ1v) is 11.7. The monoisotopic (exact) mass is 467 g/mol. The molecule has 0 saturated heterocycles. The molecule has 2 aliphatic carbocycles. The number of nitrogens with one attached hydrogen (secondary N) is 1. The molecule has 2 atom stereocenters. The zero-order valence-corrected chi connectivity index (χ0v) is 19.5. The Hall–Kier alpha value is -3.09. The molecule has 34 heavy (non-hydrogen) atoms. The summed E-state index contributed by atoms with van der Waals surface area (Å²) in [5, 5.41) is 6.76. The topological polar surface area (TPSA) is 46.9 Å². The summed E-state index contributed by atoms with van der Waals surface area (Å²) in [6, 6.07) is 16.5. The number of carbonyl (C=O) groups is 1. The number of hydrogen-bond donors (Lipinski definition) is 1. The molecule has 1 N–H and O–H groups in total. The summed E-state index contributed by atoms with van der Waals surface area (Å²) < 4.78 is 40.9. The van der Waals surface area contributed by atoms with Crippen LogP contribution in [0.4, 0.5) is 18.9 Å². The zero-order chi connectivity index (χ0) is 24.3. The van der Waals surface area contributed by atoms with E-state index in [4.69, 9.17) is 0 Å². The summed E-state index contributed by atoms with van der Waals surface area (Å²) in [5.41, 5.74) is 3.42. The number of amides is 1. The molecule has 1 amide bonds. The van der Waals surface area contributed by atoms with Crippen LogP contribution in [-0.2, 0) is 16.4 Å². The van der Waals surface area contributed by atoms with Gasteiger partial charge in [-0.25, -0.2) is 4.68 Å². The molecule has 0 spiro atoms. The van der Waals surface area contributed by atoms with E-state index in [0.717, 1.165) is 25.3 Å². The lowest BCUT2D eigenvalue weighted by molar-refractivity contribution is -0.141. The Balaban J connectivity index is 1.25. The van der Waals surface area contributed by atoms with Gasteiger partial charge in [0.05, 0.1) is 5.69 Å². The number of halogens is 3. The molecule has 0 aliphatic heterocycles. The number of aromatic nitrogens is 2. The predicted octanol–water partition coefficient (Wildman–Crippen LogP) is 6.81. The summed E-state index contributed by atoms with van der Waals surface area (Å²) in [6.07, 6.45) is -1.91. The van der Waals surface area contributed by atoms with Crippen molar-refractivity contribution in [3.8, 4) is 5.69 Å². The van der Waals surface area contributed by atoms with Gasteiger partial charge in [-0.1, -0.05) is 45.0 Å². The van der Waals surface area contributed by atoms with Gasteiger partial charge < -0.3 is 5.32 Å². The predicted molar refractivity (Wildman–Crippen MR) is 125 cm³/mol. The molecule has 5 rings (SSSR count). The van der Waals surface area contributed by atoms with Crippen LogP contribution >= 0.6 is 0 Å². The minimum Gasteiger partial charge on any atom is -0.326 e. The van der Waals surface area contributed by atoms with Gasteiger partial charge in [-0.3, -0.25) is 4.79 Å². The first-order valence-electron chi connectivity index (χ1n) is 11.7. The van der Waals surface area contributed by atoms with E-state index in [2.05, 4.69) is 55.5 Å². The van der Waals surface area contributed by atoms with E-state index in [0.29, 0.717) is 17.1 Å². The molecule has 1 heterocycles. The molecule has 7 heteroatoms. The number of alkyl halides is 3. The van der Waals surface area contributed by atoms with Crippen molar-refractivity contribution in [2.24, 2.45) is 5.92 Å². The second kappa shape index (κ2) is 8.00. The van der Waals surface area contributed by atoms with Crippen LogP contribution in [0.1, 0.15) is 74.4 Å². The van der Waals surface area contributed by atoms with Gasteiger partial charge in [0.2, 0.25) is 5.91 Å². The second-order valence-electron chi connectivity index (χ2n) is 10.5. The van der Waals surface area contributed by atoms with Crippen LogP contribution in [0.3, 0.4) is 0 Å². The zero-order valence-electron chi connectivity index (χ0n) is 19.5. The molecule has 0 radical (unpaired) electrons. The minimum absolute atomic E-state index is 0.0326. The quantitative estimate of drug-likeness (QED) is 0.448. The first-order chi connectivity index (χ1) is 16.0. The molecular weight excluding hydrogens is 439 g/mol. The van der Waals surface area contributed by atoms with Crippen LogP contribution in [-0.4, -0.2) is 15.7 Å². The van der Waals surface area contributed by atoms with E-state index in [-0.39, 0.29) is 29.1 Å². The van der Waals surface area contributed by atoms with E-state index >= 15 is 0 Å². The molecule has 2 aromatic carbocycles. The van der Waals surface area contributed by atoms with Crippen molar-refractivity contribution in [2.45, 2.75) is 63.5 Å². The summed E-state index contributed by atoms with van der Waals surface area (Å²) in [6.45, 7) is 6.53. The normalized spacial score (nSPS) is 20.3. The molecule has 0 bridgehead atoms. The molecule has 0 unspecified atom stereocenters. The Morgan fingerprint density at radius 1 is 1.00 bits per heavy atom. The summed E-state index contributed by atoms with van der Waals surface area (Å²) in [7, 11) is 0. The van der Waals surface area contributed by atoms with E-state index in [9.17, 15) is 18.0 Å². The van der Waals surface area contributed by atoms with Gasteiger partial charge in [0.1, 0.15) is 0 Å². The highest BCUT2D eigenvalue weighted by Gasteiger charge is 2.44. The van der Waals surface area contributed by atoms with Crippen molar-refractivity contribution >= 4 is 11.6 Å². The highest BCUT2D eigenvalue weighted by atomic mass is 19.4. The van der Waals surface area contributed by atoms with Crippen LogP contribution in [0, 0.1) is 5.92 Å². The Morgan fingerprint density at radius 3 is 2.21 bits per heavy atom. The third kappa shape index (κ3) is 4.61. The molecule has 2 saturated carbocycles. The van der Waals surface area contributed by atoms with Gasteiger partial charge in [-0.05, 0) is 72.1 Å². The van der Waals surface area contributed by atoms with Gasteiger partial charge >= 0.3 is 6.18 Å². The lowest BCUT2D eigenvalue weighted by Gasteiger charge is -2.19. The van der Waals surface area contributed by atoms with Gasteiger partial charge in [0.15, 0.2) is 5.69 Å². The number of carbonyl (C=O) groups excluding carboxylic acids is 1. The summed E-state index contributed by atoms with van der Waals surface area (Å²) in [5.74, 6) is 0.239. The SMILES string of the molecule is CC(C)(C)c1ccc([C@H]2C[C@H]2C(=O)Nc2ccc(-n3nc(C(F)(F)F)cc3C3CC3)cc2)cc1. The Kier molecular flexibility index (Phi) is 5.34.